The number of aromatic amines is 1. The number of imidazole rings is 1. The first-order chi connectivity index (χ1) is 13.1. The lowest BCUT2D eigenvalue weighted by Gasteiger charge is -2.43. The fraction of sp³-hybridized carbons (Fsp3) is 0.500. The van der Waals surface area contributed by atoms with Crippen LogP contribution in [-0.2, 0) is 28.1 Å². The van der Waals surface area contributed by atoms with Crippen LogP contribution >= 0.6 is 11.3 Å². The predicted molar refractivity (Wildman–Crippen MR) is 100 cm³/mol. The number of nitrogens with two attached hydrogens (primary N) is 1. The number of aromatic nitrogens is 2. The summed E-state index contributed by atoms with van der Waals surface area (Å²) in [6.45, 7) is 2.31. The third-order valence-electron chi connectivity index (χ3n) is 5.27. The Bertz CT molecular complexity index is 824. The summed E-state index contributed by atoms with van der Waals surface area (Å²) in [7, 11) is 0. The standard InChI is InChI=1S/C18H23N5O3S/c19-10-15(24)23-6-2-18(3-7-23)16-12(1-8-26-18)9-13(27-16)17(25)22-11-14-20-4-5-21-14/h4-5,9H,1-3,6-8,10-11,19H2,(H,20,21)(H,22,25). The van der Waals surface area contributed by atoms with E-state index in [1.807, 2.05) is 6.07 Å². The third-order valence-corrected chi connectivity index (χ3v) is 6.63. The molecule has 2 aliphatic rings. The molecule has 1 spiro atoms. The fourth-order valence-corrected chi connectivity index (χ4v) is 5.12. The predicted octanol–water partition coefficient (Wildman–Crippen LogP) is 0.750. The summed E-state index contributed by atoms with van der Waals surface area (Å²) in [5.74, 6) is 0.600. The third kappa shape index (κ3) is 3.50. The van der Waals surface area contributed by atoms with Gasteiger partial charge in [-0.15, -0.1) is 11.3 Å². The highest BCUT2D eigenvalue weighted by molar-refractivity contribution is 7.14. The molecule has 0 atom stereocenters. The second-order valence-corrected chi connectivity index (χ2v) is 7.91. The summed E-state index contributed by atoms with van der Waals surface area (Å²) < 4.78 is 6.20. The number of nitrogens with zero attached hydrogens (tertiary/aromatic N) is 2. The highest BCUT2D eigenvalue weighted by Crippen LogP contribution is 2.45. The van der Waals surface area contributed by atoms with Gasteiger partial charge in [0.05, 0.1) is 24.6 Å². The Morgan fingerprint density at radius 1 is 1.41 bits per heavy atom. The van der Waals surface area contributed by atoms with Gasteiger partial charge < -0.3 is 25.7 Å². The zero-order valence-corrected chi connectivity index (χ0v) is 15.8. The lowest BCUT2D eigenvalue weighted by atomic mass is 9.85. The van der Waals surface area contributed by atoms with Crippen molar-refractivity contribution >= 4 is 23.2 Å². The van der Waals surface area contributed by atoms with Crippen LogP contribution < -0.4 is 11.1 Å². The fourth-order valence-electron chi connectivity index (χ4n) is 3.80. The summed E-state index contributed by atoms with van der Waals surface area (Å²) in [5.41, 5.74) is 6.28. The smallest absolute Gasteiger partial charge is 0.261 e. The van der Waals surface area contributed by atoms with Crippen molar-refractivity contribution in [3.8, 4) is 0 Å². The molecule has 9 heteroatoms. The van der Waals surface area contributed by atoms with Crippen molar-refractivity contribution in [1.29, 1.82) is 0 Å². The molecule has 0 bridgehead atoms. The van der Waals surface area contributed by atoms with Crippen molar-refractivity contribution in [3.63, 3.8) is 0 Å². The maximum absolute atomic E-state index is 12.6. The normalized spacial score (nSPS) is 18.3. The summed E-state index contributed by atoms with van der Waals surface area (Å²) in [6.07, 6.45) is 5.67. The van der Waals surface area contributed by atoms with Gasteiger partial charge in [-0.1, -0.05) is 0 Å². The number of carbonyl (C=O) groups excluding carboxylic acids is 2. The molecule has 4 rings (SSSR count). The van der Waals surface area contributed by atoms with Gasteiger partial charge in [0.2, 0.25) is 5.91 Å². The van der Waals surface area contributed by atoms with Crippen LogP contribution in [0.3, 0.4) is 0 Å². The van der Waals surface area contributed by atoms with Crippen LogP contribution in [0.2, 0.25) is 0 Å². The van der Waals surface area contributed by atoms with Gasteiger partial charge in [-0.05, 0) is 30.9 Å². The zero-order valence-electron chi connectivity index (χ0n) is 15.0. The van der Waals surface area contributed by atoms with E-state index in [9.17, 15) is 9.59 Å². The Labute approximate surface area is 161 Å². The van der Waals surface area contributed by atoms with E-state index < -0.39 is 0 Å². The number of amides is 2. The zero-order chi connectivity index (χ0) is 18.9. The average molecular weight is 389 g/mol. The van der Waals surface area contributed by atoms with Crippen molar-refractivity contribution in [2.45, 2.75) is 31.4 Å². The van der Waals surface area contributed by atoms with E-state index in [1.54, 1.807) is 17.3 Å². The van der Waals surface area contributed by atoms with E-state index in [2.05, 4.69) is 15.3 Å². The van der Waals surface area contributed by atoms with Gasteiger partial charge in [0.1, 0.15) is 11.4 Å². The molecule has 1 saturated heterocycles. The highest BCUT2D eigenvalue weighted by Gasteiger charge is 2.43. The van der Waals surface area contributed by atoms with Gasteiger partial charge in [0, 0.05) is 30.4 Å². The molecule has 1 fully saturated rings. The number of hydrogen-bond acceptors (Lipinski definition) is 6. The molecule has 2 aromatic heterocycles. The minimum atomic E-state index is -0.386. The number of fused-ring (bicyclic) bond motifs is 2. The molecule has 4 heterocycles. The first-order valence-electron chi connectivity index (χ1n) is 9.13. The van der Waals surface area contributed by atoms with E-state index in [-0.39, 0.29) is 24.0 Å². The van der Waals surface area contributed by atoms with Crippen LogP contribution in [0.4, 0.5) is 0 Å². The number of carbonyl (C=O) groups is 2. The van der Waals surface area contributed by atoms with Gasteiger partial charge in [-0.25, -0.2) is 4.98 Å². The number of thiophene rings is 1. The number of rotatable bonds is 4. The Morgan fingerprint density at radius 3 is 2.93 bits per heavy atom. The highest BCUT2D eigenvalue weighted by atomic mass is 32.1. The summed E-state index contributed by atoms with van der Waals surface area (Å²) in [5, 5.41) is 2.90. The number of hydrogen-bond donors (Lipinski definition) is 3. The Morgan fingerprint density at radius 2 is 2.22 bits per heavy atom. The lowest BCUT2D eigenvalue weighted by molar-refractivity contribution is -0.138. The molecular formula is C18H23N5O3S. The van der Waals surface area contributed by atoms with Gasteiger partial charge >= 0.3 is 0 Å². The molecule has 0 unspecified atom stereocenters. The number of likely N-dealkylation sites (tertiary alicyclic amines) is 1. The summed E-state index contributed by atoms with van der Waals surface area (Å²) >= 11 is 1.51. The van der Waals surface area contributed by atoms with Gasteiger partial charge in [0.25, 0.3) is 5.91 Å². The number of H-pyrrole nitrogens is 1. The van der Waals surface area contributed by atoms with E-state index in [0.717, 1.165) is 30.0 Å². The average Bonchev–Trinajstić information content (AvgIpc) is 3.36. The molecule has 0 radical (unpaired) electrons. The maximum Gasteiger partial charge on any atom is 0.261 e. The number of piperidine rings is 1. The largest absolute Gasteiger partial charge is 0.369 e. The summed E-state index contributed by atoms with van der Waals surface area (Å²) in [6, 6.07) is 1.99. The van der Waals surface area contributed by atoms with E-state index in [1.165, 1.54) is 16.9 Å². The van der Waals surface area contributed by atoms with Gasteiger partial charge in [-0.3, -0.25) is 9.59 Å². The second-order valence-electron chi connectivity index (χ2n) is 6.86. The molecule has 4 N–H and O–H groups in total. The van der Waals surface area contributed by atoms with Crippen molar-refractivity contribution in [3.05, 3.63) is 39.6 Å². The monoisotopic (exact) mass is 389 g/mol. The van der Waals surface area contributed by atoms with Crippen LogP contribution in [0.1, 0.15) is 38.8 Å². The van der Waals surface area contributed by atoms with Gasteiger partial charge in [0.15, 0.2) is 0 Å². The maximum atomic E-state index is 12.6. The minimum absolute atomic E-state index is 0.0231. The number of ether oxygens (including phenoxy) is 1. The SMILES string of the molecule is NCC(=O)N1CCC2(CC1)OCCc1cc(C(=O)NCc3ncc[nH]3)sc12. The van der Waals surface area contributed by atoms with Crippen LogP contribution in [0.25, 0.3) is 0 Å². The lowest BCUT2D eigenvalue weighted by Crippen LogP contribution is -2.49. The van der Waals surface area contributed by atoms with Crippen LogP contribution in [-0.4, -0.2) is 52.9 Å². The molecule has 144 valence electrons. The molecule has 0 aliphatic carbocycles. The van der Waals surface area contributed by atoms with E-state index in [0.29, 0.717) is 31.1 Å². The van der Waals surface area contributed by atoms with Crippen LogP contribution in [0.15, 0.2) is 18.5 Å². The molecule has 27 heavy (non-hydrogen) atoms. The second kappa shape index (κ2) is 7.41. The van der Waals surface area contributed by atoms with Crippen molar-refractivity contribution in [2.24, 2.45) is 5.73 Å². The molecule has 2 aromatic rings. The minimum Gasteiger partial charge on any atom is -0.369 e. The van der Waals surface area contributed by atoms with Crippen molar-refractivity contribution in [2.75, 3.05) is 26.2 Å². The van der Waals surface area contributed by atoms with Crippen LogP contribution in [0, 0.1) is 0 Å². The quantitative estimate of drug-likeness (QED) is 0.714. The van der Waals surface area contributed by atoms with Crippen molar-refractivity contribution in [1.82, 2.24) is 20.2 Å². The van der Waals surface area contributed by atoms with E-state index in [4.69, 9.17) is 10.5 Å². The Kier molecular flexibility index (Phi) is 4.98. The molecule has 0 saturated carbocycles. The Balaban J connectivity index is 1.48. The molecule has 2 amide bonds. The molecule has 8 nitrogen and oxygen atoms in total. The first-order valence-corrected chi connectivity index (χ1v) is 9.94. The molecule has 2 aliphatic heterocycles. The van der Waals surface area contributed by atoms with Gasteiger partial charge in [-0.2, -0.15) is 0 Å². The Hall–Kier alpha value is -2.23. The number of nitrogens with one attached hydrogen (secondary N) is 2. The van der Waals surface area contributed by atoms with Crippen molar-refractivity contribution < 1.29 is 14.3 Å². The molecular weight excluding hydrogens is 366 g/mol. The summed E-state index contributed by atoms with van der Waals surface area (Å²) in [4.78, 5) is 35.1. The molecule has 0 aromatic carbocycles. The first kappa shape index (κ1) is 18.1. The van der Waals surface area contributed by atoms with E-state index >= 15 is 0 Å². The van der Waals surface area contributed by atoms with Crippen LogP contribution in [0.5, 0.6) is 0 Å². The topological polar surface area (TPSA) is 113 Å².